The molecule has 0 unspecified atom stereocenters. The van der Waals surface area contributed by atoms with Crippen molar-refractivity contribution in [3.05, 3.63) is 48.0 Å². The minimum absolute atomic E-state index is 0.0256. The maximum atomic E-state index is 13.2. The highest BCUT2D eigenvalue weighted by Crippen LogP contribution is 2.31. The summed E-state index contributed by atoms with van der Waals surface area (Å²) < 4.78 is 0. The standard InChI is InChI=1S/C22H24N4O4/c1-15(27)24-9-11-25(12-10-24)19(28)14-26-20(29)22(2,23-21(26)30)18-8-7-16-5-3-4-6-17(16)13-18/h3-8,13H,9-12,14H2,1-2H3,(H,23,30)/t22-/m0/s1. The van der Waals surface area contributed by atoms with Gasteiger partial charge in [0.2, 0.25) is 11.8 Å². The van der Waals surface area contributed by atoms with E-state index in [1.165, 1.54) is 6.92 Å². The third kappa shape index (κ3) is 3.38. The highest BCUT2D eigenvalue weighted by molar-refractivity contribution is 6.09. The van der Waals surface area contributed by atoms with Crippen LogP contribution in [0.5, 0.6) is 0 Å². The molecule has 2 heterocycles. The summed E-state index contributed by atoms with van der Waals surface area (Å²) in [7, 11) is 0. The van der Waals surface area contributed by atoms with Crippen LogP contribution < -0.4 is 5.32 Å². The average Bonchev–Trinajstić information content (AvgIpc) is 2.97. The number of piperazine rings is 1. The van der Waals surface area contributed by atoms with Gasteiger partial charge in [-0.1, -0.05) is 36.4 Å². The third-order valence-corrected chi connectivity index (χ3v) is 5.97. The van der Waals surface area contributed by atoms with Gasteiger partial charge in [-0.3, -0.25) is 19.3 Å². The molecule has 0 aliphatic carbocycles. The molecular weight excluding hydrogens is 384 g/mol. The molecule has 1 N–H and O–H groups in total. The van der Waals surface area contributed by atoms with E-state index in [0.29, 0.717) is 31.7 Å². The maximum Gasteiger partial charge on any atom is 0.325 e. The van der Waals surface area contributed by atoms with Gasteiger partial charge in [0.25, 0.3) is 5.91 Å². The highest BCUT2D eigenvalue weighted by Gasteiger charge is 2.49. The van der Waals surface area contributed by atoms with Gasteiger partial charge in [0.1, 0.15) is 12.1 Å². The topological polar surface area (TPSA) is 90.0 Å². The van der Waals surface area contributed by atoms with Gasteiger partial charge in [-0.05, 0) is 29.3 Å². The van der Waals surface area contributed by atoms with E-state index < -0.39 is 17.5 Å². The number of nitrogens with zero attached hydrogens (tertiary/aromatic N) is 3. The maximum absolute atomic E-state index is 13.2. The predicted molar refractivity (Wildman–Crippen MR) is 110 cm³/mol. The van der Waals surface area contributed by atoms with Crippen molar-refractivity contribution in [2.75, 3.05) is 32.7 Å². The second-order valence-electron chi connectivity index (χ2n) is 7.90. The first-order valence-electron chi connectivity index (χ1n) is 9.96. The molecule has 0 spiro atoms. The molecule has 2 aliphatic rings. The van der Waals surface area contributed by atoms with E-state index in [-0.39, 0.29) is 18.4 Å². The average molecular weight is 408 g/mol. The zero-order valence-electron chi connectivity index (χ0n) is 17.1. The first-order valence-corrected chi connectivity index (χ1v) is 9.96. The summed E-state index contributed by atoms with van der Waals surface area (Å²) in [6, 6.07) is 12.8. The third-order valence-electron chi connectivity index (χ3n) is 5.97. The first kappa shape index (κ1) is 19.9. The summed E-state index contributed by atoms with van der Waals surface area (Å²) in [5.74, 6) is -0.773. The molecule has 1 atom stereocenters. The van der Waals surface area contributed by atoms with E-state index in [1.807, 2.05) is 42.5 Å². The molecular formula is C22H24N4O4. The van der Waals surface area contributed by atoms with Crippen LogP contribution in [0.1, 0.15) is 19.4 Å². The number of benzene rings is 2. The molecule has 0 saturated carbocycles. The van der Waals surface area contributed by atoms with Crippen molar-refractivity contribution in [3.8, 4) is 0 Å². The second-order valence-corrected chi connectivity index (χ2v) is 7.90. The number of imide groups is 1. The zero-order chi connectivity index (χ0) is 21.5. The number of rotatable bonds is 3. The molecule has 2 saturated heterocycles. The SMILES string of the molecule is CC(=O)N1CCN(C(=O)CN2C(=O)N[C@@](C)(c3ccc4ccccc4c3)C2=O)CC1. The van der Waals surface area contributed by atoms with Crippen molar-refractivity contribution in [3.63, 3.8) is 0 Å². The fraction of sp³-hybridized carbons (Fsp3) is 0.364. The number of nitrogens with one attached hydrogen (secondary N) is 1. The van der Waals surface area contributed by atoms with Crippen LogP contribution in [0.15, 0.2) is 42.5 Å². The summed E-state index contributed by atoms with van der Waals surface area (Å²) in [5, 5.41) is 4.76. The summed E-state index contributed by atoms with van der Waals surface area (Å²) in [5.41, 5.74) is -0.557. The largest absolute Gasteiger partial charge is 0.339 e. The Kier molecular flexibility index (Phi) is 4.93. The van der Waals surface area contributed by atoms with E-state index in [1.54, 1.807) is 16.7 Å². The summed E-state index contributed by atoms with van der Waals surface area (Å²) in [6.07, 6.45) is 0. The number of carbonyl (C=O) groups excluding carboxylic acids is 4. The number of hydrogen-bond donors (Lipinski definition) is 1. The predicted octanol–water partition coefficient (Wildman–Crippen LogP) is 1.30. The Morgan fingerprint density at radius 3 is 2.27 bits per heavy atom. The molecule has 156 valence electrons. The Bertz CT molecular complexity index is 1040. The fourth-order valence-electron chi connectivity index (χ4n) is 4.04. The minimum Gasteiger partial charge on any atom is -0.339 e. The Balaban J connectivity index is 1.49. The molecule has 2 fully saturated rings. The van der Waals surface area contributed by atoms with Crippen molar-refractivity contribution in [1.29, 1.82) is 0 Å². The van der Waals surface area contributed by atoms with Gasteiger partial charge < -0.3 is 15.1 Å². The molecule has 2 aliphatic heterocycles. The fourth-order valence-corrected chi connectivity index (χ4v) is 4.04. The van der Waals surface area contributed by atoms with E-state index >= 15 is 0 Å². The van der Waals surface area contributed by atoms with Crippen LogP contribution in [0, 0.1) is 0 Å². The van der Waals surface area contributed by atoms with Gasteiger partial charge >= 0.3 is 6.03 Å². The highest BCUT2D eigenvalue weighted by atomic mass is 16.2. The number of carbonyl (C=O) groups is 4. The lowest BCUT2D eigenvalue weighted by atomic mass is 9.90. The van der Waals surface area contributed by atoms with Crippen molar-refractivity contribution in [1.82, 2.24) is 20.0 Å². The van der Waals surface area contributed by atoms with Crippen LogP contribution in [0.2, 0.25) is 0 Å². The normalized spacial score (nSPS) is 21.9. The lowest BCUT2D eigenvalue weighted by molar-refractivity contribution is -0.141. The van der Waals surface area contributed by atoms with Crippen LogP contribution in [-0.4, -0.2) is 71.2 Å². The molecule has 30 heavy (non-hydrogen) atoms. The van der Waals surface area contributed by atoms with Crippen LogP contribution in [0.25, 0.3) is 10.8 Å². The van der Waals surface area contributed by atoms with E-state index in [0.717, 1.165) is 15.7 Å². The van der Waals surface area contributed by atoms with Crippen molar-refractivity contribution < 1.29 is 19.2 Å². The van der Waals surface area contributed by atoms with Gasteiger partial charge in [0, 0.05) is 33.1 Å². The van der Waals surface area contributed by atoms with Gasteiger partial charge in [0.05, 0.1) is 0 Å². The number of fused-ring (bicyclic) bond motifs is 1. The van der Waals surface area contributed by atoms with Gasteiger partial charge in [0.15, 0.2) is 0 Å². The molecule has 0 aromatic heterocycles. The number of hydrogen-bond acceptors (Lipinski definition) is 4. The zero-order valence-corrected chi connectivity index (χ0v) is 17.1. The molecule has 2 aromatic carbocycles. The lowest BCUT2D eigenvalue weighted by Crippen LogP contribution is -2.53. The molecule has 8 heteroatoms. The second kappa shape index (κ2) is 7.44. The van der Waals surface area contributed by atoms with Gasteiger partial charge in [-0.2, -0.15) is 0 Å². The molecule has 0 radical (unpaired) electrons. The Hall–Kier alpha value is -3.42. The lowest BCUT2D eigenvalue weighted by Gasteiger charge is -2.34. The van der Waals surface area contributed by atoms with E-state index in [4.69, 9.17) is 0 Å². The van der Waals surface area contributed by atoms with Gasteiger partial charge in [-0.15, -0.1) is 0 Å². The summed E-state index contributed by atoms with van der Waals surface area (Å²) in [4.78, 5) is 54.1. The molecule has 2 aromatic rings. The number of amides is 5. The molecule has 8 nitrogen and oxygen atoms in total. The van der Waals surface area contributed by atoms with E-state index in [9.17, 15) is 19.2 Å². The Labute approximate surface area is 174 Å². The van der Waals surface area contributed by atoms with Crippen LogP contribution in [0.4, 0.5) is 4.79 Å². The van der Waals surface area contributed by atoms with Crippen molar-refractivity contribution in [2.45, 2.75) is 19.4 Å². The van der Waals surface area contributed by atoms with Crippen LogP contribution in [-0.2, 0) is 19.9 Å². The molecule has 0 bridgehead atoms. The first-order chi connectivity index (χ1) is 14.3. The van der Waals surface area contributed by atoms with Crippen molar-refractivity contribution >= 4 is 34.5 Å². The Morgan fingerprint density at radius 2 is 1.60 bits per heavy atom. The number of urea groups is 1. The quantitative estimate of drug-likeness (QED) is 0.775. The summed E-state index contributed by atoms with van der Waals surface area (Å²) >= 11 is 0. The smallest absolute Gasteiger partial charge is 0.325 e. The monoisotopic (exact) mass is 408 g/mol. The summed E-state index contributed by atoms with van der Waals surface area (Å²) in [6.45, 7) is 4.54. The van der Waals surface area contributed by atoms with Crippen molar-refractivity contribution in [2.24, 2.45) is 0 Å². The van der Waals surface area contributed by atoms with Crippen LogP contribution in [0.3, 0.4) is 0 Å². The molecule has 4 rings (SSSR count). The van der Waals surface area contributed by atoms with Gasteiger partial charge in [-0.25, -0.2) is 4.79 Å². The molecule has 5 amide bonds. The Morgan fingerprint density at radius 1 is 0.967 bits per heavy atom. The minimum atomic E-state index is -1.23. The van der Waals surface area contributed by atoms with E-state index in [2.05, 4.69) is 5.32 Å². The van der Waals surface area contributed by atoms with Crippen LogP contribution >= 0.6 is 0 Å².